The minimum Gasteiger partial charge on any atom is -0.450 e. The van der Waals surface area contributed by atoms with Crippen molar-refractivity contribution in [1.29, 1.82) is 0 Å². The van der Waals surface area contributed by atoms with Crippen LogP contribution in [0, 0.1) is 5.92 Å². The van der Waals surface area contributed by atoms with Crippen molar-refractivity contribution in [2.45, 2.75) is 52.5 Å². The molecule has 0 spiro atoms. The van der Waals surface area contributed by atoms with Gasteiger partial charge in [-0.1, -0.05) is 26.0 Å². The fraction of sp³-hybridized carbons (Fsp3) is 0.550. The number of carbonyl (C=O) groups excluding carboxylic acids is 2. The van der Waals surface area contributed by atoms with Crippen LogP contribution >= 0.6 is 11.3 Å². The predicted octanol–water partition coefficient (Wildman–Crippen LogP) is 3.90. The zero-order valence-electron chi connectivity index (χ0n) is 16.3. The van der Waals surface area contributed by atoms with Gasteiger partial charge in [-0.25, -0.2) is 9.78 Å². The number of amides is 2. The first-order chi connectivity index (χ1) is 13.0. The molecule has 0 fully saturated rings. The molecule has 1 atom stereocenters. The van der Waals surface area contributed by atoms with Crippen LogP contribution in [-0.4, -0.2) is 36.2 Å². The summed E-state index contributed by atoms with van der Waals surface area (Å²) in [4.78, 5) is 28.4. The van der Waals surface area contributed by atoms with Crippen LogP contribution in [-0.2, 0) is 16.0 Å². The maximum Gasteiger partial charge on any atom is 0.407 e. The van der Waals surface area contributed by atoms with E-state index in [4.69, 9.17) is 4.74 Å². The second-order valence-electron chi connectivity index (χ2n) is 6.92. The van der Waals surface area contributed by atoms with E-state index in [-0.39, 0.29) is 11.9 Å². The van der Waals surface area contributed by atoms with Gasteiger partial charge in [0, 0.05) is 19.0 Å². The Morgan fingerprint density at radius 1 is 1.26 bits per heavy atom. The summed E-state index contributed by atoms with van der Waals surface area (Å²) in [6.07, 6.45) is 2.34. The van der Waals surface area contributed by atoms with Crippen molar-refractivity contribution >= 4 is 33.6 Å². The first-order valence-corrected chi connectivity index (χ1v) is 10.3. The molecule has 0 aliphatic carbocycles. The summed E-state index contributed by atoms with van der Waals surface area (Å²) in [6.45, 7) is 6.68. The molecule has 1 heterocycles. The van der Waals surface area contributed by atoms with Crippen molar-refractivity contribution in [2.75, 3.05) is 13.2 Å². The van der Waals surface area contributed by atoms with Crippen molar-refractivity contribution < 1.29 is 14.3 Å². The number of ether oxygens (including phenoxy) is 1. The van der Waals surface area contributed by atoms with E-state index in [2.05, 4.69) is 35.5 Å². The first-order valence-electron chi connectivity index (χ1n) is 9.52. The van der Waals surface area contributed by atoms with E-state index >= 15 is 0 Å². The molecule has 2 rings (SSSR count). The number of benzene rings is 1. The maximum atomic E-state index is 12.1. The lowest BCUT2D eigenvalue weighted by atomic mass is 10.0. The molecule has 6 nitrogen and oxygen atoms in total. The number of nitrogens with zero attached hydrogens (tertiary/aromatic N) is 1. The van der Waals surface area contributed by atoms with Crippen molar-refractivity contribution in [3.05, 3.63) is 29.3 Å². The number of rotatable bonds is 10. The Hall–Kier alpha value is -2.15. The fourth-order valence-electron chi connectivity index (χ4n) is 2.85. The molecule has 7 heteroatoms. The van der Waals surface area contributed by atoms with Crippen molar-refractivity contribution in [3.63, 3.8) is 0 Å². The lowest BCUT2D eigenvalue weighted by Gasteiger charge is -2.20. The lowest BCUT2D eigenvalue weighted by molar-refractivity contribution is -0.121. The first kappa shape index (κ1) is 21.2. The van der Waals surface area contributed by atoms with Gasteiger partial charge in [0.25, 0.3) is 0 Å². The summed E-state index contributed by atoms with van der Waals surface area (Å²) in [6, 6.07) is 7.94. The number of hydrogen-bond acceptors (Lipinski definition) is 5. The molecular weight excluding hydrogens is 362 g/mol. The van der Waals surface area contributed by atoms with Crippen LogP contribution in [0.25, 0.3) is 10.2 Å². The van der Waals surface area contributed by atoms with Crippen LogP contribution in [0.15, 0.2) is 24.3 Å². The number of fused-ring (bicyclic) bond motifs is 1. The summed E-state index contributed by atoms with van der Waals surface area (Å²) < 4.78 is 6.11. The SMILES string of the molecule is CCOC(=O)NC(CNC(=O)CCCc1nc2ccccc2s1)CC(C)C. The zero-order valence-corrected chi connectivity index (χ0v) is 17.1. The highest BCUT2D eigenvalue weighted by atomic mass is 32.1. The third kappa shape index (κ3) is 7.54. The van der Waals surface area contributed by atoms with Crippen molar-refractivity contribution in [2.24, 2.45) is 5.92 Å². The average Bonchev–Trinajstić information content (AvgIpc) is 3.02. The van der Waals surface area contributed by atoms with Gasteiger partial charge in [0.2, 0.25) is 5.91 Å². The minimum atomic E-state index is -0.437. The Balaban J connectivity index is 1.73. The van der Waals surface area contributed by atoms with Crippen molar-refractivity contribution in [3.8, 4) is 0 Å². The number of nitrogens with one attached hydrogen (secondary N) is 2. The summed E-state index contributed by atoms with van der Waals surface area (Å²) in [5.41, 5.74) is 1.02. The van der Waals surface area contributed by atoms with E-state index in [1.165, 1.54) is 4.70 Å². The number of para-hydroxylation sites is 1. The van der Waals surface area contributed by atoms with Crippen molar-refractivity contribution in [1.82, 2.24) is 15.6 Å². The van der Waals surface area contributed by atoms with Gasteiger partial charge in [0.05, 0.1) is 21.8 Å². The number of aromatic nitrogens is 1. The third-order valence-corrected chi connectivity index (χ3v) is 5.13. The van der Waals surface area contributed by atoms with Crippen LogP contribution in [0.1, 0.15) is 45.0 Å². The van der Waals surface area contributed by atoms with E-state index in [1.54, 1.807) is 18.3 Å². The summed E-state index contributed by atoms with van der Waals surface area (Å²) in [7, 11) is 0. The molecule has 2 amide bonds. The molecule has 148 valence electrons. The van der Waals surface area contributed by atoms with Crippen LogP contribution in [0.3, 0.4) is 0 Å². The Bertz CT molecular complexity index is 712. The highest BCUT2D eigenvalue weighted by Crippen LogP contribution is 2.22. The lowest BCUT2D eigenvalue weighted by Crippen LogP contribution is -2.44. The number of alkyl carbamates (subject to hydrolysis) is 1. The maximum absolute atomic E-state index is 12.1. The molecule has 1 unspecified atom stereocenters. The molecule has 0 saturated heterocycles. The third-order valence-electron chi connectivity index (χ3n) is 4.03. The quantitative estimate of drug-likeness (QED) is 0.644. The smallest absolute Gasteiger partial charge is 0.407 e. The summed E-state index contributed by atoms with van der Waals surface area (Å²) in [5, 5.41) is 6.80. The van der Waals surface area contributed by atoms with Crippen LogP contribution in [0.4, 0.5) is 4.79 Å². The van der Waals surface area contributed by atoms with E-state index in [0.717, 1.165) is 29.8 Å². The number of hydrogen-bond donors (Lipinski definition) is 2. The Morgan fingerprint density at radius 2 is 2.04 bits per heavy atom. The van der Waals surface area contributed by atoms with Crippen LogP contribution in [0.2, 0.25) is 0 Å². The topological polar surface area (TPSA) is 80.3 Å². The van der Waals surface area contributed by atoms with E-state index in [0.29, 0.717) is 25.5 Å². The molecule has 0 saturated carbocycles. The number of carbonyl (C=O) groups is 2. The minimum absolute atomic E-state index is 0.00414. The summed E-state index contributed by atoms with van der Waals surface area (Å²) in [5.74, 6) is 0.406. The Morgan fingerprint density at radius 3 is 2.74 bits per heavy atom. The second kappa shape index (κ2) is 10.9. The fourth-order valence-corrected chi connectivity index (χ4v) is 3.86. The Kier molecular flexibility index (Phi) is 8.51. The molecular formula is C20H29N3O3S. The number of thiazole rings is 1. The second-order valence-corrected chi connectivity index (χ2v) is 8.04. The molecule has 1 aromatic carbocycles. The van der Waals surface area contributed by atoms with Gasteiger partial charge in [-0.05, 0) is 44.2 Å². The van der Waals surface area contributed by atoms with E-state index in [9.17, 15) is 9.59 Å². The van der Waals surface area contributed by atoms with Gasteiger partial charge >= 0.3 is 6.09 Å². The standard InChI is InChI=1S/C20H29N3O3S/c1-4-26-20(25)22-15(12-14(2)3)13-21-18(24)10-7-11-19-23-16-8-5-6-9-17(16)27-19/h5-6,8-9,14-15H,4,7,10-13H2,1-3H3,(H,21,24)(H,22,25). The van der Waals surface area contributed by atoms with Crippen LogP contribution < -0.4 is 10.6 Å². The van der Waals surface area contributed by atoms with Gasteiger partial charge in [0.15, 0.2) is 0 Å². The molecule has 2 N–H and O–H groups in total. The van der Waals surface area contributed by atoms with Gasteiger partial charge in [-0.2, -0.15) is 0 Å². The van der Waals surface area contributed by atoms with E-state index < -0.39 is 6.09 Å². The number of aryl methyl sites for hydroxylation is 1. The van der Waals surface area contributed by atoms with Gasteiger partial charge in [-0.3, -0.25) is 4.79 Å². The highest BCUT2D eigenvalue weighted by molar-refractivity contribution is 7.18. The average molecular weight is 392 g/mol. The van der Waals surface area contributed by atoms with Gasteiger partial charge < -0.3 is 15.4 Å². The van der Waals surface area contributed by atoms with Gasteiger partial charge in [0.1, 0.15) is 0 Å². The summed E-state index contributed by atoms with van der Waals surface area (Å²) >= 11 is 1.68. The highest BCUT2D eigenvalue weighted by Gasteiger charge is 2.16. The molecule has 0 bridgehead atoms. The largest absolute Gasteiger partial charge is 0.450 e. The molecule has 2 aromatic rings. The van der Waals surface area contributed by atoms with E-state index in [1.807, 2.05) is 18.2 Å². The molecule has 0 aliphatic heterocycles. The molecule has 0 aliphatic rings. The predicted molar refractivity (Wildman–Crippen MR) is 109 cm³/mol. The monoisotopic (exact) mass is 391 g/mol. The van der Waals surface area contributed by atoms with Gasteiger partial charge in [-0.15, -0.1) is 11.3 Å². The Labute approximate surface area is 164 Å². The molecule has 27 heavy (non-hydrogen) atoms. The van der Waals surface area contributed by atoms with Crippen LogP contribution in [0.5, 0.6) is 0 Å². The zero-order chi connectivity index (χ0) is 19.6. The molecule has 0 radical (unpaired) electrons. The molecule has 1 aromatic heterocycles. The normalized spacial score (nSPS) is 12.1.